The van der Waals surface area contributed by atoms with Crippen LogP contribution in [0.15, 0.2) is 83.7 Å². The van der Waals surface area contributed by atoms with Gasteiger partial charge in [0.05, 0.1) is 65.7 Å². The Bertz CT molecular complexity index is 2720. The van der Waals surface area contributed by atoms with Gasteiger partial charge >= 0.3 is 0 Å². The number of methoxy groups -OCH3 is 2. The van der Waals surface area contributed by atoms with E-state index in [1.165, 1.54) is 0 Å². The van der Waals surface area contributed by atoms with E-state index in [4.69, 9.17) is 50.9 Å². The first-order chi connectivity index (χ1) is 35.2. The molecule has 1 aliphatic heterocycles. The second kappa shape index (κ2) is 26.6. The Balaban J connectivity index is 1.54. The standard InChI is InChI=1S/C57H71N8O7P/c1-13-32-62(33-14-2)34-18-22-49-53-54(59-56(60-55(53)66)63(37-40(3)4)38-41(5)6)64(61-49)52-36-50(72-73(70-35-19-31-58)65(42(7)8)43(9)10)51(71-52)39-69-57(44-20-16-15-17-21-44,45-23-27-47(67-11)28-24-45)46-25-29-48(68-12)30-26-46/h1-2,15-17,20-21,23-30,40-43,50-52H,19,32-39H2,3-12H3,(H,59,60,66)/t50-,51+,52+,73?/m0/s1. The zero-order valence-electron chi connectivity index (χ0n) is 44.0. The topological polar surface area (TPSA) is 152 Å². The van der Waals surface area contributed by atoms with Crippen molar-refractivity contribution in [3.8, 4) is 54.1 Å². The second-order valence-corrected chi connectivity index (χ2v) is 20.7. The van der Waals surface area contributed by atoms with Crippen molar-refractivity contribution < 1.29 is 28.0 Å². The highest BCUT2D eigenvalue weighted by Crippen LogP contribution is 2.51. The molecule has 1 fully saturated rings. The normalized spacial score (nSPS) is 16.2. The van der Waals surface area contributed by atoms with E-state index in [0.717, 1.165) is 16.7 Å². The first kappa shape index (κ1) is 56.1. The van der Waals surface area contributed by atoms with Gasteiger partial charge in [-0.2, -0.15) is 15.3 Å². The number of terminal acetylenes is 2. The highest BCUT2D eigenvalue weighted by molar-refractivity contribution is 7.44. The molecule has 5 aromatic rings. The van der Waals surface area contributed by atoms with Crippen molar-refractivity contribution in [1.29, 1.82) is 5.26 Å². The molecule has 2 aromatic heterocycles. The molecule has 4 atom stereocenters. The van der Waals surface area contributed by atoms with Crippen LogP contribution in [-0.2, 0) is 24.1 Å². The fourth-order valence-corrected chi connectivity index (χ4v) is 10.8. The molecule has 3 heterocycles. The van der Waals surface area contributed by atoms with Gasteiger partial charge in [0.1, 0.15) is 28.6 Å². The van der Waals surface area contributed by atoms with E-state index in [2.05, 4.69) is 99.7 Å². The molecular weight excluding hydrogens is 940 g/mol. The maximum atomic E-state index is 14.5. The van der Waals surface area contributed by atoms with Crippen molar-refractivity contribution >= 4 is 25.5 Å². The van der Waals surface area contributed by atoms with Crippen LogP contribution in [0, 0.1) is 59.7 Å². The summed E-state index contributed by atoms with van der Waals surface area (Å²) in [4.78, 5) is 26.7. The van der Waals surface area contributed by atoms with Crippen LogP contribution >= 0.6 is 8.53 Å². The number of aromatic nitrogens is 4. The zero-order valence-corrected chi connectivity index (χ0v) is 44.9. The molecule has 16 heteroatoms. The molecule has 1 aliphatic rings. The number of benzene rings is 3. The van der Waals surface area contributed by atoms with E-state index in [1.807, 2.05) is 83.8 Å². The lowest BCUT2D eigenvalue weighted by Gasteiger charge is -2.39. The lowest BCUT2D eigenvalue weighted by atomic mass is 9.80. The van der Waals surface area contributed by atoms with Gasteiger partial charge in [-0.3, -0.25) is 14.7 Å². The lowest BCUT2D eigenvalue weighted by Crippen LogP contribution is -2.39. The van der Waals surface area contributed by atoms with Crippen molar-refractivity contribution in [2.45, 2.75) is 104 Å². The summed E-state index contributed by atoms with van der Waals surface area (Å²) in [5, 5.41) is 14.9. The van der Waals surface area contributed by atoms with Crippen LogP contribution in [0.25, 0.3) is 11.0 Å². The number of ether oxygens (including phenoxy) is 4. The largest absolute Gasteiger partial charge is 0.497 e. The van der Waals surface area contributed by atoms with Gasteiger partial charge in [-0.05, 0) is 86.4 Å². The molecule has 1 saturated heterocycles. The molecule has 0 saturated carbocycles. The SMILES string of the molecule is C#CCN(CC#C)CC#Cc1nn([C@H]2C[C@H](OP(OCCC#N)N(C(C)C)C(C)C)[C@@H](COC(c3ccccc3)(c3ccc(OC)cc3)c3ccc(OC)cc3)O2)c2nc(N(CC(C)C)CC(C)C)[nH]c(=O)c12. The number of nitriles is 1. The van der Waals surface area contributed by atoms with Gasteiger partial charge in [0.15, 0.2) is 17.6 Å². The third kappa shape index (κ3) is 13.9. The predicted molar refractivity (Wildman–Crippen MR) is 288 cm³/mol. The van der Waals surface area contributed by atoms with Gasteiger partial charge in [0.25, 0.3) is 14.1 Å². The second-order valence-electron chi connectivity index (χ2n) is 19.3. The molecule has 73 heavy (non-hydrogen) atoms. The molecule has 0 bridgehead atoms. The summed E-state index contributed by atoms with van der Waals surface area (Å²) in [6.07, 6.45) is 9.51. The van der Waals surface area contributed by atoms with Crippen molar-refractivity contribution in [2.24, 2.45) is 11.8 Å². The Labute approximate surface area is 433 Å². The summed E-state index contributed by atoms with van der Waals surface area (Å²) >= 11 is 0. The number of hydrogen-bond acceptors (Lipinski definition) is 13. The molecule has 0 amide bonds. The van der Waals surface area contributed by atoms with E-state index >= 15 is 0 Å². The number of fused-ring (bicyclic) bond motifs is 1. The van der Waals surface area contributed by atoms with Crippen molar-refractivity contribution in [3.63, 3.8) is 0 Å². The first-order valence-electron chi connectivity index (χ1n) is 24.9. The van der Waals surface area contributed by atoms with Crippen molar-refractivity contribution in [1.82, 2.24) is 29.3 Å². The fourth-order valence-electron chi connectivity index (χ4n) is 9.06. The van der Waals surface area contributed by atoms with Crippen LogP contribution in [-0.4, -0.2) is 114 Å². The smallest absolute Gasteiger partial charge is 0.264 e. The number of rotatable bonds is 25. The molecule has 0 radical (unpaired) electrons. The van der Waals surface area contributed by atoms with Crippen LogP contribution in [0.2, 0.25) is 0 Å². The van der Waals surface area contributed by atoms with Crippen LogP contribution in [0.3, 0.4) is 0 Å². The van der Waals surface area contributed by atoms with Crippen molar-refractivity contribution in [2.75, 3.05) is 65.1 Å². The highest BCUT2D eigenvalue weighted by Gasteiger charge is 2.46. The maximum absolute atomic E-state index is 14.5. The molecule has 0 spiro atoms. The van der Waals surface area contributed by atoms with Crippen molar-refractivity contribution in [3.05, 3.63) is 112 Å². The predicted octanol–water partition coefficient (Wildman–Crippen LogP) is 9.13. The minimum Gasteiger partial charge on any atom is -0.497 e. The Morgan fingerprint density at radius 3 is 1.95 bits per heavy atom. The van der Waals surface area contributed by atoms with E-state index in [0.29, 0.717) is 49.3 Å². The zero-order chi connectivity index (χ0) is 52.7. The monoisotopic (exact) mass is 1010 g/mol. The number of nitrogens with one attached hydrogen (secondary N) is 1. The van der Waals surface area contributed by atoms with Crippen LogP contribution < -0.4 is 19.9 Å². The Hall–Kier alpha value is -6.23. The van der Waals surface area contributed by atoms with Crippen LogP contribution in [0.4, 0.5) is 5.95 Å². The van der Waals surface area contributed by atoms with Gasteiger partial charge in [-0.15, -0.1) is 12.8 Å². The molecule has 1 N–H and O–H groups in total. The third-order valence-corrected chi connectivity index (χ3v) is 14.3. The highest BCUT2D eigenvalue weighted by atomic mass is 31.2. The summed E-state index contributed by atoms with van der Waals surface area (Å²) in [6, 6.07) is 28.0. The van der Waals surface area contributed by atoms with Gasteiger partial charge < -0.3 is 32.9 Å². The third-order valence-electron chi connectivity index (χ3n) is 12.1. The summed E-state index contributed by atoms with van der Waals surface area (Å²) in [7, 11) is 1.53. The van der Waals surface area contributed by atoms with Gasteiger partial charge in [-0.25, -0.2) is 9.35 Å². The molecule has 15 nitrogen and oxygen atoms in total. The van der Waals surface area contributed by atoms with Gasteiger partial charge in [0.2, 0.25) is 5.95 Å². The van der Waals surface area contributed by atoms with Crippen LogP contribution in [0.1, 0.15) is 96.8 Å². The number of anilines is 1. The Morgan fingerprint density at radius 1 is 0.849 bits per heavy atom. The molecule has 1 unspecified atom stereocenters. The summed E-state index contributed by atoms with van der Waals surface area (Å²) in [5.74, 6) is 14.0. The van der Waals surface area contributed by atoms with E-state index in [1.54, 1.807) is 18.9 Å². The minimum absolute atomic E-state index is 0.0146. The molecular formula is C57H71N8O7P. The molecule has 6 rings (SSSR count). The molecule has 0 aliphatic carbocycles. The summed E-state index contributed by atoms with van der Waals surface area (Å²) in [5.41, 5.74) is 1.53. The summed E-state index contributed by atoms with van der Waals surface area (Å²) in [6.45, 7) is 19.3. The average Bonchev–Trinajstić information content (AvgIpc) is 3.95. The lowest BCUT2D eigenvalue weighted by molar-refractivity contribution is -0.0931. The Morgan fingerprint density at radius 2 is 1.42 bits per heavy atom. The average molecular weight is 1010 g/mol. The number of nitrogens with zero attached hydrogens (tertiary/aromatic N) is 7. The number of H-pyrrole nitrogens is 1. The van der Waals surface area contributed by atoms with E-state index in [-0.39, 0.29) is 73.2 Å². The van der Waals surface area contributed by atoms with Gasteiger partial charge in [0, 0.05) is 31.6 Å². The number of aromatic amines is 1. The van der Waals surface area contributed by atoms with Crippen LogP contribution in [0.5, 0.6) is 11.5 Å². The number of hydrogen-bond donors (Lipinski definition) is 1. The summed E-state index contributed by atoms with van der Waals surface area (Å²) < 4.78 is 43.5. The van der Waals surface area contributed by atoms with E-state index in [9.17, 15) is 10.1 Å². The fraction of sp³-hybridized carbons (Fsp3) is 0.474. The minimum atomic E-state index is -1.75. The quantitative estimate of drug-likeness (QED) is 0.0256. The van der Waals surface area contributed by atoms with Gasteiger partial charge in [-0.1, -0.05) is 100 Å². The van der Waals surface area contributed by atoms with E-state index < -0.39 is 32.6 Å². The Kier molecular flexibility index (Phi) is 20.5. The molecule has 386 valence electrons. The molecule has 3 aromatic carbocycles. The first-order valence-corrected chi connectivity index (χ1v) is 26.0. The maximum Gasteiger partial charge on any atom is 0.264 e.